The molecule has 1 N–H and O–H groups in total. The molecule has 2 aromatic rings. The third kappa shape index (κ3) is 4.10. The minimum absolute atomic E-state index is 0.486. The third-order valence-corrected chi connectivity index (χ3v) is 3.19. The van der Waals surface area contributed by atoms with Crippen LogP contribution in [-0.4, -0.2) is 6.04 Å². The first-order valence-corrected chi connectivity index (χ1v) is 7.27. The van der Waals surface area contributed by atoms with E-state index in [9.17, 15) is 0 Å². The molecule has 0 atom stereocenters. The summed E-state index contributed by atoms with van der Waals surface area (Å²) in [4.78, 5) is 0. The van der Waals surface area contributed by atoms with Crippen LogP contribution in [0.1, 0.15) is 31.9 Å². The molecular weight excluding hydrogens is 246 g/mol. The fourth-order valence-corrected chi connectivity index (χ4v) is 2.06. The molecule has 0 aliphatic rings. The van der Waals surface area contributed by atoms with Gasteiger partial charge in [0.15, 0.2) is 0 Å². The van der Waals surface area contributed by atoms with Crippen LogP contribution in [0.25, 0.3) is 0 Å². The molecule has 0 amide bonds. The first-order chi connectivity index (χ1) is 9.69. The number of ether oxygens (including phenoxy) is 1. The van der Waals surface area contributed by atoms with Crippen LogP contribution in [0.4, 0.5) is 0 Å². The summed E-state index contributed by atoms with van der Waals surface area (Å²) in [6, 6.07) is 17.0. The maximum atomic E-state index is 6.02. The predicted molar refractivity (Wildman–Crippen MR) is 84.3 cm³/mol. The van der Waals surface area contributed by atoms with Crippen molar-refractivity contribution >= 4 is 0 Å². The summed E-state index contributed by atoms with van der Waals surface area (Å²) in [5.74, 6) is 1.85. The Morgan fingerprint density at radius 1 is 1.05 bits per heavy atom. The van der Waals surface area contributed by atoms with E-state index >= 15 is 0 Å². The van der Waals surface area contributed by atoms with E-state index in [0.717, 1.165) is 24.5 Å². The third-order valence-electron chi connectivity index (χ3n) is 3.19. The smallest absolute Gasteiger partial charge is 0.130 e. The molecule has 2 aromatic carbocycles. The van der Waals surface area contributed by atoms with Crippen LogP contribution in [0.15, 0.2) is 48.5 Å². The van der Waals surface area contributed by atoms with Gasteiger partial charge in [-0.15, -0.1) is 0 Å². The molecular formula is C18H23NO. The molecule has 0 aliphatic heterocycles. The first kappa shape index (κ1) is 14.6. The lowest BCUT2D eigenvalue weighted by molar-refractivity contribution is 0.475. The maximum absolute atomic E-state index is 6.02. The van der Waals surface area contributed by atoms with Crippen LogP contribution in [0, 0.1) is 0 Å². The number of rotatable bonds is 6. The molecule has 20 heavy (non-hydrogen) atoms. The topological polar surface area (TPSA) is 21.3 Å². The van der Waals surface area contributed by atoms with E-state index in [1.807, 2.05) is 24.3 Å². The molecule has 0 aromatic heterocycles. The summed E-state index contributed by atoms with van der Waals surface area (Å²) in [6.07, 6.45) is 0.977. The van der Waals surface area contributed by atoms with Crippen molar-refractivity contribution in [2.75, 3.05) is 0 Å². The molecule has 0 spiro atoms. The van der Waals surface area contributed by atoms with E-state index < -0.39 is 0 Å². The molecule has 2 heteroatoms. The van der Waals surface area contributed by atoms with Crippen molar-refractivity contribution in [1.29, 1.82) is 0 Å². The number of hydrogen-bond donors (Lipinski definition) is 1. The number of para-hydroxylation sites is 1. The lowest BCUT2D eigenvalue weighted by atomic mass is 10.1. The van der Waals surface area contributed by atoms with E-state index in [-0.39, 0.29) is 0 Å². The quantitative estimate of drug-likeness (QED) is 0.831. The van der Waals surface area contributed by atoms with Gasteiger partial charge in [0.25, 0.3) is 0 Å². The molecule has 2 nitrogen and oxygen atoms in total. The second kappa shape index (κ2) is 7.11. The maximum Gasteiger partial charge on any atom is 0.130 e. The molecule has 106 valence electrons. The van der Waals surface area contributed by atoms with E-state index in [1.165, 1.54) is 11.1 Å². The van der Waals surface area contributed by atoms with Crippen molar-refractivity contribution in [3.8, 4) is 11.5 Å². The van der Waals surface area contributed by atoms with E-state index in [4.69, 9.17) is 4.74 Å². The minimum Gasteiger partial charge on any atom is -0.457 e. The Hall–Kier alpha value is -1.80. The van der Waals surface area contributed by atoms with E-state index in [1.54, 1.807) is 0 Å². The summed E-state index contributed by atoms with van der Waals surface area (Å²) >= 11 is 0. The monoisotopic (exact) mass is 269 g/mol. The average Bonchev–Trinajstić information content (AvgIpc) is 2.46. The molecule has 2 rings (SSSR count). The molecule has 0 aliphatic carbocycles. The van der Waals surface area contributed by atoms with Gasteiger partial charge in [-0.05, 0) is 35.7 Å². The standard InChI is InChI=1S/C18H23NO/c1-4-16-9-5-6-11-18(16)20-17-10-7-8-15(12-17)13-19-14(2)3/h5-12,14,19H,4,13H2,1-3H3. The van der Waals surface area contributed by atoms with Gasteiger partial charge < -0.3 is 10.1 Å². The molecule has 0 unspecified atom stereocenters. The highest BCUT2D eigenvalue weighted by atomic mass is 16.5. The summed E-state index contributed by atoms with van der Waals surface area (Å²) in [5, 5.41) is 3.42. The highest BCUT2D eigenvalue weighted by molar-refractivity contribution is 5.39. The largest absolute Gasteiger partial charge is 0.457 e. The zero-order valence-corrected chi connectivity index (χ0v) is 12.5. The zero-order valence-electron chi connectivity index (χ0n) is 12.5. The van der Waals surface area contributed by atoms with Gasteiger partial charge in [0.05, 0.1) is 0 Å². The van der Waals surface area contributed by atoms with Crippen LogP contribution in [-0.2, 0) is 13.0 Å². The number of aryl methyl sites for hydroxylation is 1. The second-order valence-electron chi connectivity index (χ2n) is 5.25. The number of nitrogens with one attached hydrogen (secondary N) is 1. The van der Waals surface area contributed by atoms with Gasteiger partial charge in [0, 0.05) is 12.6 Å². The molecule has 0 bridgehead atoms. The van der Waals surface area contributed by atoms with Gasteiger partial charge in [-0.3, -0.25) is 0 Å². The molecule has 0 saturated carbocycles. The number of hydrogen-bond acceptors (Lipinski definition) is 2. The van der Waals surface area contributed by atoms with Crippen LogP contribution in [0.2, 0.25) is 0 Å². The van der Waals surface area contributed by atoms with Crippen molar-refractivity contribution in [2.45, 2.75) is 39.8 Å². The Labute approximate surface area is 121 Å². The van der Waals surface area contributed by atoms with Crippen molar-refractivity contribution < 1.29 is 4.74 Å². The first-order valence-electron chi connectivity index (χ1n) is 7.27. The number of benzene rings is 2. The highest BCUT2D eigenvalue weighted by Gasteiger charge is 2.03. The summed E-state index contributed by atoms with van der Waals surface area (Å²) in [7, 11) is 0. The van der Waals surface area contributed by atoms with Crippen molar-refractivity contribution in [1.82, 2.24) is 5.32 Å². The van der Waals surface area contributed by atoms with Gasteiger partial charge in [-0.25, -0.2) is 0 Å². The van der Waals surface area contributed by atoms with Gasteiger partial charge in [-0.1, -0.05) is 51.1 Å². The van der Waals surface area contributed by atoms with Crippen LogP contribution in [0.5, 0.6) is 11.5 Å². The molecule has 0 heterocycles. The predicted octanol–water partition coefficient (Wildman–Crippen LogP) is 4.54. The average molecular weight is 269 g/mol. The lowest BCUT2D eigenvalue weighted by Gasteiger charge is -2.12. The van der Waals surface area contributed by atoms with Gasteiger partial charge in [-0.2, -0.15) is 0 Å². The fraction of sp³-hybridized carbons (Fsp3) is 0.333. The highest BCUT2D eigenvalue weighted by Crippen LogP contribution is 2.26. The van der Waals surface area contributed by atoms with Crippen molar-refractivity contribution in [3.05, 3.63) is 59.7 Å². The lowest BCUT2D eigenvalue weighted by Crippen LogP contribution is -2.21. The van der Waals surface area contributed by atoms with Gasteiger partial charge in [0.2, 0.25) is 0 Å². The minimum atomic E-state index is 0.486. The zero-order chi connectivity index (χ0) is 14.4. The van der Waals surface area contributed by atoms with Gasteiger partial charge >= 0.3 is 0 Å². The van der Waals surface area contributed by atoms with Crippen LogP contribution in [0.3, 0.4) is 0 Å². The van der Waals surface area contributed by atoms with Crippen LogP contribution < -0.4 is 10.1 Å². The van der Waals surface area contributed by atoms with Crippen molar-refractivity contribution in [3.63, 3.8) is 0 Å². The van der Waals surface area contributed by atoms with Gasteiger partial charge in [0.1, 0.15) is 11.5 Å². The fourth-order valence-electron chi connectivity index (χ4n) is 2.06. The summed E-state index contributed by atoms with van der Waals surface area (Å²) in [5.41, 5.74) is 2.48. The van der Waals surface area contributed by atoms with E-state index in [2.05, 4.69) is 50.4 Å². The summed E-state index contributed by atoms with van der Waals surface area (Å²) in [6.45, 7) is 7.31. The Kier molecular flexibility index (Phi) is 5.19. The van der Waals surface area contributed by atoms with Crippen LogP contribution >= 0.6 is 0 Å². The Morgan fingerprint density at radius 3 is 2.60 bits per heavy atom. The Bertz CT molecular complexity index is 549. The Morgan fingerprint density at radius 2 is 1.85 bits per heavy atom. The molecule has 0 saturated heterocycles. The second-order valence-corrected chi connectivity index (χ2v) is 5.25. The SMILES string of the molecule is CCc1ccccc1Oc1cccc(CNC(C)C)c1. The molecule has 0 radical (unpaired) electrons. The normalized spacial score (nSPS) is 10.8. The van der Waals surface area contributed by atoms with Crippen molar-refractivity contribution in [2.24, 2.45) is 0 Å². The van der Waals surface area contributed by atoms with E-state index in [0.29, 0.717) is 6.04 Å². The molecule has 0 fully saturated rings. The Balaban J connectivity index is 2.11. The summed E-state index contributed by atoms with van der Waals surface area (Å²) < 4.78 is 6.02.